The van der Waals surface area contributed by atoms with Gasteiger partial charge in [-0.15, -0.1) is 0 Å². The molecule has 0 aromatic heterocycles. The van der Waals surface area contributed by atoms with Crippen molar-refractivity contribution < 1.29 is 9.90 Å². The van der Waals surface area contributed by atoms with Crippen LogP contribution >= 0.6 is 15.9 Å². The number of aromatic carboxylic acids is 1. The van der Waals surface area contributed by atoms with Crippen LogP contribution in [0.3, 0.4) is 0 Å². The van der Waals surface area contributed by atoms with Crippen LogP contribution in [-0.2, 0) is 0 Å². The predicted octanol–water partition coefficient (Wildman–Crippen LogP) is 3.77. The zero-order chi connectivity index (χ0) is 13.1. The summed E-state index contributed by atoms with van der Waals surface area (Å²) in [6.07, 6.45) is 3.74. The molecule has 0 bridgehead atoms. The van der Waals surface area contributed by atoms with E-state index >= 15 is 0 Å². The fourth-order valence-corrected chi connectivity index (χ4v) is 3.04. The quantitative estimate of drug-likeness (QED) is 0.923. The molecular weight excluding hydrogens is 294 g/mol. The minimum Gasteiger partial charge on any atom is -0.478 e. The van der Waals surface area contributed by atoms with E-state index in [-0.39, 0.29) is 0 Å². The number of anilines is 1. The van der Waals surface area contributed by atoms with Gasteiger partial charge in [0.25, 0.3) is 0 Å². The van der Waals surface area contributed by atoms with Crippen LogP contribution in [0.2, 0.25) is 0 Å². The maximum absolute atomic E-state index is 11.0. The average Bonchev–Trinajstić information content (AvgIpc) is 2.38. The fourth-order valence-electron chi connectivity index (χ4n) is 2.51. The lowest BCUT2D eigenvalue weighted by atomic mass is 9.95. The third-order valence-electron chi connectivity index (χ3n) is 3.64. The van der Waals surface area contributed by atoms with Crippen molar-refractivity contribution >= 4 is 27.6 Å². The first-order valence-electron chi connectivity index (χ1n) is 6.39. The third-order valence-corrected chi connectivity index (χ3v) is 4.30. The molecule has 1 heterocycles. The SMILES string of the molecule is CCC1CCCN(c2ccc(C(=O)O)c(Br)c2)C1. The van der Waals surface area contributed by atoms with Crippen molar-refractivity contribution in [3.8, 4) is 0 Å². The van der Waals surface area contributed by atoms with Gasteiger partial charge in [-0.1, -0.05) is 13.3 Å². The molecule has 3 nitrogen and oxygen atoms in total. The summed E-state index contributed by atoms with van der Waals surface area (Å²) in [5, 5.41) is 9.00. The molecule has 0 saturated carbocycles. The Morgan fingerprint density at radius 1 is 1.56 bits per heavy atom. The summed E-state index contributed by atoms with van der Waals surface area (Å²) in [4.78, 5) is 13.3. The zero-order valence-electron chi connectivity index (χ0n) is 10.5. The van der Waals surface area contributed by atoms with Crippen LogP contribution in [0, 0.1) is 5.92 Å². The van der Waals surface area contributed by atoms with Crippen molar-refractivity contribution in [1.82, 2.24) is 0 Å². The molecule has 1 aromatic carbocycles. The largest absolute Gasteiger partial charge is 0.478 e. The number of rotatable bonds is 3. The Bertz CT molecular complexity index is 447. The molecule has 1 aromatic rings. The number of carboxylic acid groups (broad SMARTS) is 1. The molecule has 0 radical (unpaired) electrons. The van der Waals surface area contributed by atoms with Crippen LogP contribution in [0.1, 0.15) is 36.5 Å². The van der Waals surface area contributed by atoms with Crippen molar-refractivity contribution in [3.63, 3.8) is 0 Å². The van der Waals surface area contributed by atoms with Crippen LogP contribution in [0.15, 0.2) is 22.7 Å². The Kier molecular flexibility index (Phi) is 4.27. The molecule has 1 atom stereocenters. The van der Waals surface area contributed by atoms with Gasteiger partial charge in [-0.25, -0.2) is 4.79 Å². The van der Waals surface area contributed by atoms with Crippen molar-refractivity contribution in [2.45, 2.75) is 26.2 Å². The minimum absolute atomic E-state index is 0.322. The number of carbonyl (C=O) groups is 1. The average molecular weight is 312 g/mol. The number of carboxylic acids is 1. The van der Waals surface area contributed by atoms with Gasteiger partial charge >= 0.3 is 5.97 Å². The first-order valence-corrected chi connectivity index (χ1v) is 7.19. The Morgan fingerprint density at radius 3 is 2.94 bits per heavy atom. The summed E-state index contributed by atoms with van der Waals surface area (Å²) >= 11 is 3.34. The van der Waals surface area contributed by atoms with Gasteiger partial charge < -0.3 is 10.0 Å². The normalized spacial score (nSPS) is 19.9. The first-order chi connectivity index (χ1) is 8.61. The van der Waals surface area contributed by atoms with Gasteiger partial charge in [0.15, 0.2) is 0 Å². The van der Waals surface area contributed by atoms with E-state index in [9.17, 15) is 4.79 Å². The monoisotopic (exact) mass is 311 g/mol. The van der Waals surface area contributed by atoms with Gasteiger partial charge in [-0.05, 0) is 52.9 Å². The first kappa shape index (κ1) is 13.4. The number of hydrogen-bond donors (Lipinski definition) is 1. The molecule has 1 unspecified atom stereocenters. The smallest absolute Gasteiger partial charge is 0.336 e. The number of halogens is 1. The summed E-state index contributed by atoms with van der Waals surface area (Å²) in [7, 11) is 0. The summed E-state index contributed by atoms with van der Waals surface area (Å²) in [5.41, 5.74) is 1.44. The predicted molar refractivity (Wildman–Crippen MR) is 76.3 cm³/mol. The summed E-state index contributed by atoms with van der Waals surface area (Å²) in [5.74, 6) is -0.129. The lowest BCUT2D eigenvalue weighted by molar-refractivity contribution is 0.0696. The Labute approximate surface area is 116 Å². The summed E-state index contributed by atoms with van der Waals surface area (Å²) in [6.45, 7) is 4.38. The van der Waals surface area contributed by atoms with E-state index < -0.39 is 5.97 Å². The Morgan fingerprint density at radius 2 is 2.33 bits per heavy atom. The standard InChI is InChI=1S/C14H18BrNO2/c1-2-10-4-3-7-16(9-10)11-5-6-12(14(17)18)13(15)8-11/h5-6,8,10H,2-4,7,9H2,1H3,(H,17,18). The zero-order valence-corrected chi connectivity index (χ0v) is 12.1. The van der Waals surface area contributed by atoms with Crippen molar-refractivity contribution in [3.05, 3.63) is 28.2 Å². The molecule has 0 amide bonds. The van der Waals surface area contributed by atoms with E-state index in [1.807, 2.05) is 12.1 Å². The topological polar surface area (TPSA) is 40.5 Å². The molecule has 98 valence electrons. The summed E-state index contributed by atoms with van der Waals surface area (Å²) < 4.78 is 0.658. The Hall–Kier alpha value is -1.03. The molecule has 1 aliphatic heterocycles. The highest BCUT2D eigenvalue weighted by Crippen LogP contribution is 2.28. The molecule has 18 heavy (non-hydrogen) atoms. The summed E-state index contributed by atoms with van der Waals surface area (Å²) in [6, 6.07) is 5.51. The molecule has 1 aliphatic rings. The molecular formula is C14H18BrNO2. The van der Waals surface area contributed by atoms with Crippen LogP contribution in [0.5, 0.6) is 0 Å². The van der Waals surface area contributed by atoms with Gasteiger partial charge in [0, 0.05) is 23.2 Å². The third kappa shape index (κ3) is 2.86. The van der Waals surface area contributed by atoms with E-state index in [0.29, 0.717) is 10.0 Å². The van der Waals surface area contributed by atoms with Crippen LogP contribution in [-0.4, -0.2) is 24.2 Å². The van der Waals surface area contributed by atoms with Crippen LogP contribution < -0.4 is 4.90 Å². The van der Waals surface area contributed by atoms with Gasteiger partial charge in [-0.2, -0.15) is 0 Å². The molecule has 0 spiro atoms. The van der Waals surface area contributed by atoms with E-state index in [1.165, 1.54) is 19.3 Å². The second-order valence-electron chi connectivity index (χ2n) is 4.83. The van der Waals surface area contributed by atoms with Gasteiger partial charge in [0.05, 0.1) is 5.56 Å². The number of hydrogen-bond acceptors (Lipinski definition) is 2. The number of nitrogens with zero attached hydrogens (tertiary/aromatic N) is 1. The highest BCUT2D eigenvalue weighted by Gasteiger charge is 2.19. The van der Waals surface area contributed by atoms with Crippen LogP contribution in [0.25, 0.3) is 0 Å². The van der Waals surface area contributed by atoms with E-state index in [0.717, 1.165) is 24.7 Å². The fraction of sp³-hybridized carbons (Fsp3) is 0.500. The molecule has 0 aliphatic carbocycles. The molecule has 1 saturated heterocycles. The van der Waals surface area contributed by atoms with Crippen molar-refractivity contribution in [2.24, 2.45) is 5.92 Å². The van der Waals surface area contributed by atoms with E-state index in [4.69, 9.17) is 5.11 Å². The number of benzene rings is 1. The maximum atomic E-state index is 11.0. The van der Waals surface area contributed by atoms with E-state index in [2.05, 4.69) is 27.8 Å². The number of piperidine rings is 1. The molecule has 1 N–H and O–H groups in total. The van der Waals surface area contributed by atoms with Crippen molar-refractivity contribution in [2.75, 3.05) is 18.0 Å². The second-order valence-corrected chi connectivity index (χ2v) is 5.69. The lowest BCUT2D eigenvalue weighted by Crippen LogP contribution is -2.35. The Balaban J connectivity index is 2.18. The molecule has 2 rings (SSSR count). The van der Waals surface area contributed by atoms with Crippen LogP contribution in [0.4, 0.5) is 5.69 Å². The lowest BCUT2D eigenvalue weighted by Gasteiger charge is -2.34. The highest BCUT2D eigenvalue weighted by atomic mass is 79.9. The van der Waals surface area contributed by atoms with Crippen molar-refractivity contribution in [1.29, 1.82) is 0 Å². The van der Waals surface area contributed by atoms with Gasteiger partial charge in [0.2, 0.25) is 0 Å². The molecule has 4 heteroatoms. The molecule has 1 fully saturated rings. The minimum atomic E-state index is -0.890. The van der Waals surface area contributed by atoms with E-state index in [1.54, 1.807) is 6.07 Å². The highest BCUT2D eigenvalue weighted by molar-refractivity contribution is 9.10. The van der Waals surface area contributed by atoms with Gasteiger partial charge in [0.1, 0.15) is 0 Å². The maximum Gasteiger partial charge on any atom is 0.336 e. The second kappa shape index (κ2) is 5.74. The van der Waals surface area contributed by atoms with Gasteiger partial charge in [-0.3, -0.25) is 0 Å².